The first-order valence-corrected chi connectivity index (χ1v) is 9.16. The first-order valence-electron chi connectivity index (χ1n) is 9.16. The van der Waals surface area contributed by atoms with E-state index in [1.165, 1.54) is 12.3 Å². The summed E-state index contributed by atoms with van der Waals surface area (Å²) in [5.41, 5.74) is 8.56. The molecule has 0 atom stereocenters. The lowest BCUT2D eigenvalue weighted by Crippen LogP contribution is -2.18. The van der Waals surface area contributed by atoms with Gasteiger partial charge in [-0.3, -0.25) is 14.3 Å². The number of nitrogens with one attached hydrogen (secondary N) is 1. The fourth-order valence-corrected chi connectivity index (χ4v) is 3.23. The number of nitrogens with two attached hydrogens (primary N) is 1. The summed E-state index contributed by atoms with van der Waals surface area (Å²) in [7, 11) is 0. The molecular formula is C20H19N7O3. The van der Waals surface area contributed by atoms with E-state index in [1.807, 2.05) is 19.9 Å². The van der Waals surface area contributed by atoms with Crippen LogP contribution in [-0.2, 0) is 6.54 Å². The molecule has 4 aromatic rings. The van der Waals surface area contributed by atoms with Gasteiger partial charge in [-0.25, -0.2) is 9.97 Å². The second-order valence-corrected chi connectivity index (χ2v) is 6.88. The van der Waals surface area contributed by atoms with Crippen LogP contribution in [0.2, 0.25) is 0 Å². The molecule has 4 heterocycles. The number of hydrogen-bond donors (Lipinski definition) is 2. The van der Waals surface area contributed by atoms with E-state index < -0.39 is 11.8 Å². The number of primary amides is 1. The van der Waals surface area contributed by atoms with E-state index in [0.717, 1.165) is 11.4 Å². The van der Waals surface area contributed by atoms with E-state index in [4.69, 9.17) is 10.3 Å². The van der Waals surface area contributed by atoms with Gasteiger partial charge in [0.1, 0.15) is 17.1 Å². The number of carbonyl (C=O) groups excluding carboxylic acids is 2. The zero-order valence-electron chi connectivity index (χ0n) is 16.6. The summed E-state index contributed by atoms with van der Waals surface area (Å²) >= 11 is 0. The zero-order chi connectivity index (χ0) is 21.4. The van der Waals surface area contributed by atoms with Gasteiger partial charge in [0.15, 0.2) is 5.65 Å². The number of hydrogen-bond acceptors (Lipinski definition) is 7. The minimum absolute atomic E-state index is 0.0307. The van der Waals surface area contributed by atoms with Crippen molar-refractivity contribution in [2.75, 3.05) is 5.32 Å². The number of nitrogens with zero attached hydrogens (tertiary/aromatic N) is 5. The van der Waals surface area contributed by atoms with Crippen LogP contribution in [0.3, 0.4) is 0 Å². The Morgan fingerprint density at radius 2 is 2.03 bits per heavy atom. The van der Waals surface area contributed by atoms with Gasteiger partial charge < -0.3 is 15.6 Å². The minimum Gasteiger partial charge on any atom is -0.364 e. The van der Waals surface area contributed by atoms with E-state index >= 15 is 0 Å². The standard InChI is InChI=1S/C20H19N7O3/c1-10-7-13(26-30-10)9-27-12(3)17(11(2)25-27)24-20(29)15-8-16(18(21)28)23-19-14(15)5-4-6-22-19/h4-8H,9H2,1-3H3,(H2,21,28)(H,24,29). The van der Waals surface area contributed by atoms with Crippen LogP contribution in [-0.4, -0.2) is 36.7 Å². The van der Waals surface area contributed by atoms with Gasteiger partial charge in [0, 0.05) is 17.6 Å². The highest BCUT2D eigenvalue weighted by Crippen LogP contribution is 2.23. The maximum atomic E-state index is 13.1. The summed E-state index contributed by atoms with van der Waals surface area (Å²) < 4.78 is 6.84. The van der Waals surface area contributed by atoms with E-state index in [0.29, 0.717) is 29.1 Å². The largest absolute Gasteiger partial charge is 0.364 e. The number of rotatable bonds is 5. The molecule has 0 aliphatic rings. The van der Waals surface area contributed by atoms with Gasteiger partial charge in [-0.2, -0.15) is 5.10 Å². The fourth-order valence-electron chi connectivity index (χ4n) is 3.23. The van der Waals surface area contributed by atoms with Crippen LogP contribution in [0.1, 0.15) is 43.7 Å². The van der Waals surface area contributed by atoms with Gasteiger partial charge in [0.05, 0.1) is 29.2 Å². The lowest BCUT2D eigenvalue weighted by atomic mass is 10.1. The van der Waals surface area contributed by atoms with E-state index in [2.05, 4.69) is 25.5 Å². The second kappa shape index (κ2) is 7.39. The third-order valence-corrected chi connectivity index (χ3v) is 4.69. The van der Waals surface area contributed by atoms with Crippen LogP contribution in [0.25, 0.3) is 11.0 Å². The third kappa shape index (κ3) is 3.50. The molecule has 0 saturated carbocycles. The SMILES string of the molecule is Cc1cc(Cn2nc(C)c(NC(=O)c3cc(C(N)=O)nc4ncccc34)c2C)no1. The maximum absolute atomic E-state index is 13.1. The number of amides is 2. The molecular weight excluding hydrogens is 386 g/mol. The van der Waals surface area contributed by atoms with Crippen molar-refractivity contribution in [3.63, 3.8) is 0 Å². The molecule has 0 bridgehead atoms. The highest BCUT2D eigenvalue weighted by atomic mass is 16.5. The van der Waals surface area contributed by atoms with Gasteiger partial charge in [-0.05, 0) is 39.0 Å². The molecule has 0 aromatic carbocycles. The van der Waals surface area contributed by atoms with Crippen molar-refractivity contribution in [1.29, 1.82) is 0 Å². The molecule has 10 nitrogen and oxygen atoms in total. The normalized spacial score (nSPS) is 11.0. The van der Waals surface area contributed by atoms with Gasteiger partial charge in [-0.15, -0.1) is 0 Å². The first kappa shape index (κ1) is 19.2. The monoisotopic (exact) mass is 405 g/mol. The van der Waals surface area contributed by atoms with Crippen molar-refractivity contribution >= 4 is 28.5 Å². The molecule has 2 amide bonds. The molecule has 3 N–H and O–H groups in total. The summed E-state index contributed by atoms with van der Waals surface area (Å²) in [5.74, 6) is -0.441. The average molecular weight is 405 g/mol. The van der Waals surface area contributed by atoms with Crippen molar-refractivity contribution in [3.8, 4) is 0 Å². The van der Waals surface area contributed by atoms with E-state index in [-0.39, 0.29) is 16.9 Å². The third-order valence-electron chi connectivity index (χ3n) is 4.69. The molecule has 0 fully saturated rings. The Balaban J connectivity index is 1.68. The summed E-state index contributed by atoms with van der Waals surface area (Å²) in [4.78, 5) is 33.0. The predicted molar refractivity (Wildman–Crippen MR) is 108 cm³/mol. The first-order chi connectivity index (χ1) is 14.3. The number of pyridine rings is 2. The van der Waals surface area contributed by atoms with Crippen molar-refractivity contribution in [3.05, 3.63) is 64.6 Å². The van der Waals surface area contributed by atoms with Crippen molar-refractivity contribution in [2.45, 2.75) is 27.3 Å². The second-order valence-electron chi connectivity index (χ2n) is 6.88. The number of fused-ring (bicyclic) bond motifs is 1. The van der Waals surface area contributed by atoms with Crippen LogP contribution < -0.4 is 11.1 Å². The molecule has 0 spiro atoms. The van der Waals surface area contributed by atoms with Crippen LogP contribution in [0.4, 0.5) is 5.69 Å². The van der Waals surface area contributed by atoms with Crippen molar-refractivity contribution < 1.29 is 14.1 Å². The summed E-state index contributed by atoms with van der Waals surface area (Å²) in [6.07, 6.45) is 1.53. The summed E-state index contributed by atoms with van der Waals surface area (Å²) in [6, 6.07) is 6.61. The molecule has 10 heteroatoms. The smallest absolute Gasteiger partial charge is 0.267 e. The Bertz CT molecular complexity index is 1290. The highest BCUT2D eigenvalue weighted by Gasteiger charge is 2.20. The van der Waals surface area contributed by atoms with Crippen LogP contribution >= 0.6 is 0 Å². The Kier molecular flexibility index (Phi) is 4.74. The predicted octanol–water partition coefficient (Wildman–Crippen LogP) is 2.14. The Hall–Kier alpha value is -4.08. The molecule has 0 saturated heterocycles. The molecule has 30 heavy (non-hydrogen) atoms. The summed E-state index contributed by atoms with van der Waals surface area (Å²) in [6.45, 7) is 5.88. The quantitative estimate of drug-likeness (QED) is 0.518. The summed E-state index contributed by atoms with van der Waals surface area (Å²) in [5, 5.41) is 11.9. The average Bonchev–Trinajstić information content (AvgIpc) is 3.24. The zero-order valence-corrected chi connectivity index (χ0v) is 16.6. The highest BCUT2D eigenvalue weighted by molar-refractivity contribution is 6.13. The lowest BCUT2D eigenvalue weighted by Gasteiger charge is -2.09. The van der Waals surface area contributed by atoms with Gasteiger partial charge >= 0.3 is 0 Å². The van der Waals surface area contributed by atoms with Crippen LogP contribution in [0.15, 0.2) is 35.0 Å². The van der Waals surface area contributed by atoms with Gasteiger partial charge in [0.25, 0.3) is 11.8 Å². The van der Waals surface area contributed by atoms with E-state index in [9.17, 15) is 9.59 Å². The minimum atomic E-state index is -0.736. The molecule has 0 unspecified atom stereocenters. The van der Waals surface area contributed by atoms with Crippen LogP contribution in [0, 0.1) is 20.8 Å². The molecule has 4 rings (SSSR count). The number of carbonyl (C=O) groups is 2. The maximum Gasteiger partial charge on any atom is 0.267 e. The van der Waals surface area contributed by atoms with Crippen molar-refractivity contribution in [1.82, 2.24) is 24.9 Å². The molecule has 152 valence electrons. The van der Waals surface area contributed by atoms with Crippen LogP contribution in [0.5, 0.6) is 0 Å². The fraction of sp³-hybridized carbons (Fsp3) is 0.200. The van der Waals surface area contributed by atoms with Crippen molar-refractivity contribution in [2.24, 2.45) is 5.73 Å². The van der Waals surface area contributed by atoms with Gasteiger partial charge in [0.2, 0.25) is 0 Å². The Morgan fingerprint density at radius 3 is 2.73 bits per heavy atom. The topological polar surface area (TPSA) is 142 Å². The lowest BCUT2D eigenvalue weighted by molar-refractivity contribution is 0.0996. The Morgan fingerprint density at radius 1 is 1.23 bits per heavy atom. The number of aryl methyl sites for hydroxylation is 2. The molecule has 0 radical (unpaired) electrons. The molecule has 4 aromatic heterocycles. The number of anilines is 1. The van der Waals surface area contributed by atoms with E-state index in [1.54, 1.807) is 23.7 Å². The Labute approximate surface area is 171 Å². The van der Waals surface area contributed by atoms with Gasteiger partial charge in [-0.1, -0.05) is 5.16 Å². The molecule has 0 aliphatic heterocycles. The molecule has 0 aliphatic carbocycles. The number of aromatic nitrogens is 5.